The Morgan fingerprint density at radius 1 is 1.43 bits per heavy atom. The van der Waals surface area contributed by atoms with E-state index >= 15 is 0 Å². The average Bonchev–Trinajstić information content (AvgIpc) is 2.23. The van der Waals surface area contributed by atoms with Gasteiger partial charge in [0.05, 0.1) is 0 Å². The van der Waals surface area contributed by atoms with Gasteiger partial charge in [0.25, 0.3) is 0 Å². The Kier molecular flexibility index (Phi) is 2.99. The second kappa shape index (κ2) is 4.24. The predicted octanol–water partition coefficient (Wildman–Crippen LogP) is 0.425. The lowest BCUT2D eigenvalue weighted by Crippen LogP contribution is -2.51. The molecule has 0 bridgehead atoms. The van der Waals surface area contributed by atoms with Crippen molar-refractivity contribution in [3.63, 3.8) is 0 Å². The van der Waals surface area contributed by atoms with E-state index in [4.69, 9.17) is 0 Å². The zero-order chi connectivity index (χ0) is 9.97. The molecule has 1 aliphatic carbocycles. The summed E-state index contributed by atoms with van der Waals surface area (Å²) in [6.45, 7) is 6.27. The number of nitrogens with one attached hydrogen (secondary N) is 1. The first-order valence-electron chi connectivity index (χ1n) is 5.43. The Morgan fingerprint density at radius 2 is 2.14 bits per heavy atom. The van der Waals surface area contributed by atoms with Gasteiger partial charge in [0, 0.05) is 44.6 Å². The van der Waals surface area contributed by atoms with E-state index in [9.17, 15) is 4.79 Å². The molecular weight excluding hydrogens is 176 g/mol. The van der Waals surface area contributed by atoms with Gasteiger partial charge in [-0.05, 0) is 0 Å². The van der Waals surface area contributed by atoms with Crippen LogP contribution in [0.15, 0.2) is 12.2 Å². The van der Waals surface area contributed by atoms with E-state index in [0.29, 0.717) is 18.2 Å². The molecule has 0 amide bonds. The van der Waals surface area contributed by atoms with Crippen LogP contribution >= 0.6 is 0 Å². The molecule has 14 heavy (non-hydrogen) atoms. The number of carbonyl (C=O) groups is 1. The normalized spacial score (nSPS) is 34.8. The van der Waals surface area contributed by atoms with Crippen molar-refractivity contribution in [1.82, 2.24) is 10.2 Å². The number of allylic oxidation sites excluding steroid dienone is 1. The van der Waals surface area contributed by atoms with E-state index in [1.165, 1.54) is 0 Å². The largest absolute Gasteiger partial charge is 0.314 e. The van der Waals surface area contributed by atoms with Gasteiger partial charge in [-0.3, -0.25) is 9.69 Å². The highest BCUT2D eigenvalue weighted by Crippen LogP contribution is 2.20. The van der Waals surface area contributed by atoms with Crippen molar-refractivity contribution in [1.29, 1.82) is 0 Å². The minimum absolute atomic E-state index is 0.179. The van der Waals surface area contributed by atoms with Gasteiger partial charge in [0.2, 0.25) is 0 Å². The van der Waals surface area contributed by atoms with Crippen molar-refractivity contribution >= 4 is 5.78 Å². The van der Waals surface area contributed by atoms with Crippen LogP contribution in [-0.2, 0) is 4.79 Å². The molecule has 1 heterocycles. The Labute approximate surface area is 85.2 Å². The molecular formula is C11H18N2O. The summed E-state index contributed by atoms with van der Waals surface area (Å²) in [7, 11) is 0. The molecule has 3 heteroatoms. The fourth-order valence-corrected chi connectivity index (χ4v) is 2.28. The summed E-state index contributed by atoms with van der Waals surface area (Å²) in [4.78, 5) is 14.0. The van der Waals surface area contributed by atoms with Crippen molar-refractivity contribution in [2.45, 2.75) is 19.4 Å². The molecule has 3 nitrogen and oxygen atoms in total. The van der Waals surface area contributed by atoms with Gasteiger partial charge in [0.15, 0.2) is 0 Å². The average molecular weight is 194 g/mol. The number of ketones is 1. The van der Waals surface area contributed by atoms with Crippen LogP contribution in [0, 0.1) is 5.92 Å². The molecule has 2 rings (SSSR count). The zero-order valence-corrected chi connectivity index (χ0v) is 8.70. The maximum Gasteiger partial charge on any atom is 0.141 e. The van der Waals surface area contributed by atoms with Gasteiger partial charge >= 0.3 is 0 Å². The highest BCUT2D eigenvalue weighted by atomic mass is 16.1. The molecule has 1 fully saturated rings. The SMILES string of the molecule is CC1C(=O)CC=CC1N1CCNCC1. The lowest BCUT2D eigenvalue weighted by Gasteiger charge is -2.37. The molecule has 78 valence electrons. The molecule has 0 aromatic rings. The summed E-state index contributed by atoms with van der Waals surface area (Å²) in [5.74, 6) is 0.564. The third-order valence-corrected chi connectivity index (χ3v) is 3.25. The standard InChI is InChI=1S/C11H18N2O/c1-9-10(3-2-4-11(9)14)13-7-5-12-6-8-13/h2-3,9-10,12H,4-8H2,1H3. The molecule has 2 aliphatic rings. The van der Waals surface area contributed by atoms with Gasteiger partial charge in [-0.1, -0.05) is 19.1 Å². The topological polar surface area (TPSA) is 32.3 Å². The van der Waals surface area contributed by atoms with Crippen LogP contribution in [0.2, 0.25) is 0 Å². The quantitative estimate of drug-likeness (QED) is 0.614. The van der Waals surface area contributed by atoms with Crippen molar-refractivity contribution in [3.8, 4) is 0 Å². The van der Waals surface area contributed by atoms with E-state index in [2.05, 4.69) is 23.2 Å². The van der Waals surface area contributed by atoms with Crippen LogP contribution in [0.25, 0.3) is 0 Å². The van der Waals surface area contributed by atoms with Crippen LogP contribution < -0.4 is 5.32 Å². The fourth-order valence-electron chi connectivity index (χ4n) is 2.28. The number of carbonyl (C=O) groups excluding carboxylic acids is 1. The summed E-state index contributed by atoms with van der Waals surface area (Å²) in [5, 5.41) is 3.33. The van der Waals surface area contributed by atoms with E-state index in [0.717, 1.165) is 26.2 Å². The monoisotopic (exact) mass is 194 g/mol. The number of Topliss-reactive ketones (excluding diaryl/α,β-unsaturated/α-hetero) is 1. The molecule has 1 saturated heterocycles. The smallest absolute Gasteiger partial charge is 0.141 e. The third-order valence-electron chi connectivity index (χ3n) is 3.25. The number of piperazine rings is 1. The number of rotatable bonds is 1. The number of nitrogens with zero attached hydrogens (tertiary/aromatic N) is 1. The van der Waals surface area contributed by atoms with Crippen LogP contribution in [0.5, 0.6) is 0 Å². The summed E-state index contributed by atoms with van der Waals surface area (Å²) in [6.07, 6.45) is 4.86. The Morgan fingerprint density at radius 3 is 2.86 bits per heavy atom. The van der Waals surface area contributed by atoms with Gasteiger partial charge in [-0.25, -0.2) is 0 Å². The summed E-state index contributed by atoms with van der Waals surface area (Å²) in [5.41, 5.74) is 0. The minimum Gasteiger partial charge on any atom is -0.314 e. The lowest BCUT2D eigenvalue weighted by atomic mass is 9.88. The van der Waals surface area contributed by atoms with E-state index < -0.39 is 0 Å². The molecule has 0 aromatic heterocycles. The molecule has 0 aromatic carbocycles. The van der Waals surface area contributed by atoms with Crippen molar-refractivity contribution in [2.24, 2.45) is 5.92 Å². The first-order valence-corrected chi connectivity index (χ1v) is 5.43. The van der Waals surface area contributed by atoms with E-state index in [1.54, 1.807) is 0 Å². The molecule has 2 atom stereocenters. The van der Waals surface area contributed by atoms with Gasteiger partial charge in [0.1, 0.15) is 5.78 Å². The lowest BCUT2D eigenvalue weighted by molar-refractivity contribution is -0.123. The van der Waals surface area contributed by atoms with Crippen LogP contribution in [0.3, 0.4) is 0 Å². The maximum atomic E-state index is 11.6. The van der Waals surface area contributed by atoms with Crippen LogP contribution in [-0.4, -0.2) is 42.9 Å². The molecule has 0 saturated carbocycles. The van der Waals surface area contributed by atoms with Gasteiger partial charge in [-0.15, -0.1) is 0 Å². The Hall–Kier alpha value is -0.670. The summed E-state index contributed by atoms with van der Waals surface area (Å²) >= 11 is 0. The minimum atomic E-state index is 0.179. The molecule has 1 aliphatic heterocycles. The first kappa shape index (κ1) is 9.87. The molecule has 1 N–H and O–H groups in total. The molecule has 2 unspecified atom stereocenters. The maximum absolute atomic E-state index is 11.6. The van der Waals surface area contributed by atoms with Gasteiger partial charge in [-0.2, -0.15) is 0 Å². The van der Waals surface area contributed by atoms with Crippen molar-refractivity contribution in [2.75, 3.05) is 26.2 Å². The van der Waals surface area contributed by atoms with E-state index in [1.807, 2.05) is 6.08 Å². The zero-order valence-electron chi connectivity index (χ0n) is 8.70. The fraction of sp³-hybridized carbons (Fsp3) is 0.727. The summed E-state index contributed by atoms with van der Waals surface area (Å²) < 4.78 is 0. The number of hydrogen-bond donors (Lipinski definition) is 1. The molecule has 0 spiro atoms. The third kappa shape index (κ3) is 1.88. The van der Waals surface area contributed by atoms with Crippen molar-refractivity contribution < 1.29 is 4.79 Å². The second-order valence-corrected chi connectivity index (χ2v) is 4.16. The van der Waals surface area contributed by atoms with E-state index in [-0.39, 0.29) is 5.92 Å². The first-order chi connectivity index (χ1) is 6.79. The summed E-state index contributed by atoms with van der Waals surface area (Å²) in [6, 6.07) is 0.346. The molecule has 0 radical (unpaired) electrons. The Bertz CT molecular complexity index is 244. The second-order valence-electron chi connectivity index (χ2n) is 4.16. The predicted molar refractivity (Wildman–Crippen MR) is 56.2 cm³/mol. The van der Waals surface area contributed by atoms with Gasteiger partial charge < -0.3 is 5.32 Å². The van der Waals surface area contributed by atoms with Crippen molar-refractivity contribution in [3.05, 3.63) is 12.2 Å². The Balaban J connectivity index is 2.04. The highest BCUT2D eigenvalue weighted by Gasteiger charge is 2.29. The highest BCUT2D eigenvalue weighted by molar-refractivity contribution is 5.84. The van der Waals surface area contributed by atoms with Crippen LogP contribution in [0.1, 0.15) is 13.3 Å². The van der Waals surface area contributed by atoms with Crippen LogP contribution in [0.4, 0.5) is 0 Å². The number of hydrogen-bond acceptors (Lipinski definition) is 3.